The monoisotopic (exact) mass is 389 g/mol. The Morgan fingerprint density at radius 3 is 2.62 bits per heavy atom. The minimum atomic E-state index is -0.948. The van der Waals surface area contributed by atoms with Gasteiger partial charge in [0, 0.05) is 29.1 Å². The Bertz CT molecular complexity index is 1120. The van der Waals surface area contributed by atoms with Gasteiger partial charge in [0.05, 0.1) is 0 Å². The standard InChI is InChI=1S/C21H19N5O3/c1-14(20(27)17-12-22-18-10-6-5-9-16(17)18)29-21(28)19(26-13-23-24-25-26)11-15-7-3-2-4-8-15/h2-10,12-14,19,22H,11H2,1H3/t14-,19-/m0/s1. The molecule has 2 heterocycles. The number of nitrogens with one attached hydrogen (secondary N) is 1. The van der Waals surface area contributed by atoms with Crippen LogP contribution in [0.2, 0.25) is 0 Å². The van der Waals surface area contributed by atoms with Crippen molar-refractivity contribution in [1.29, 1.82) is 0 Å². The second-order valence-corrected chi connectivity index (χ2v) is 6.69. The number of tetrazole rings is 1. The van der Waals surface area contributed by atoms with Crippen LogP contribution in [0.15, 0.2) is 67.1 Å². The number of aromatic nitrogens is 5. The van der Waals surface area contributed by atoms with E-state index in [-0.39, 0.29) is 5.78 Å². The summed E-state index contributed by atoms with van der Waals surface area (Å²) in [6.07, 6.45) is 2.40. The molecule has 2 aromatic heterocycles. The minimum Gasteiger partial charge on any atom is -0.453 e. The Morgan fingerprint density at radius 2 is 1.86 bits per heavy atom. The average molecular weight is 389 g/mol. The maximum atomic E-state index is 12.9. The molecule has 0 aliphatic heterocycles. The number of carbonyl (C=O) groups is 2. The molecular weight excluding hydrogens is 370 g/mol. The van der Waals surface area contributed by atoms with Gasteiger partial charge in [0.1, 0.15) is 6.33 Å². The van der Waals surface area contributed by atoms with Gasteiger partial charge in [0.2, 0.25) is 5.78 Å². The quantitative estimate of drug-likeness (QED) is 0.385. The Hall–Kier alpha value is -3.81. The summed E-state index contributed by atoms with van der Waals surface area (Å²) in [6, 6.07) is 16.2. The highest BCUT2D eigenvalue weighted by Crippen LogP contribution is 2.21. The Labute approximate surface area is 166 Å². The molecule has 0 aliphatic rings. The van der Waals surface area contributed by atoms with Gasteiger partial charge in [-0.2, -0.15) is 0 Å². The number of rotatable bonds is 7. The molecule has 1 N–H and O–H groups in total. The summed E-state index contributed by atoms with van der Waals surface area (Å²) >= 11 is 0. The largest absolute Gasteiger partial charge is 0.453 e. The van der Waals surface area contributed by atoms with E-state index in [4.69, 9.17) is 4.74 Å². The van der Waals surface area contributed by atoms with Crippen LogP contribution in [0.25, 0.3) is 10.9 Å². The third-order valence-corrected chi connectivity index (χ3v) is 4.75. The summed E-state index contributed by atoms with van der Waals surface area (Å²) in [5.74, 6) is -0.840. The van der Waals surface area contributed by atoms with Crippen LogP contribution < -0.4 is 0 Å². The van der Waals surface area contributed by atoms with E-state index >= 15 is 0 Å². The topological polar surface area (TPSA) is 103 Å². The molecule has 8 heteroatoms. The lowest BCUT2D eigenvalue weighted by molar-refractivity contribution is -0.150. The van der Waals surface area contributed by atoms with Gasteiger partial charge in [-0.05, 0) is 29.0 Å². The highest BCUT2D eigenvalue weighted by Gasteiger charge is 2.29. The molecule has 0 unspecified atom stereocenters. The van der Waals surface area contributed by atoms with Crippen molar-refractivity contribution in [3.63, 3.8) is 0 Å². The van der Waals surface area contributed by atoms with Gasteiger partial charge >= 0.3 is 5.97 Å². The molecule has 8 nitrogen and oxygen atoms in total. The van der Waals surface area contributed by atoms with E-state index in [1.807, 2.05) is 54.6 Å². The Kier molecular flexibility index (Phi) is 5.15. The summed E-state index contributed by atoms with van der Waals surface area (Å²) in [5, 5.41) is 11.9. The van der Waals surface area contributed by atoms with Crippen LogP contribution in [0.5, 0.6) is 0 Å². The fourth-order valence-electron chi connectivity index (χ4n) is 3.23. The maximum absolute atomic E-state index is 12.9. The van der Waals surface area contributed by atoms with Crippen molar-refractivity contribution in [2.75, 3.05) is 0 Å². The first-order valence-corrected chi connectivity index (χ1v) is 9.20. The van der Waals surface area contributed by atoms with Crippen LogP contribution in [0.1, 0.15) is 28.9 Å². The van der Waals surface area contributed by atoms with E-state index in [9.17, 15) is 9.59 Å². The van der Waals surface area contributed by atoms with Crippen molar-refractivity contribution in [3.8, 4) is 0 Å². The summed E-state index contributed by atoms with van der Waals surface area (Å²) < 4.78 is 6.87. The second-order valence-electron chi connectivity index (χ2n) is 6.69. The first-order chi connectivity index (χ1) is 14.1. The first kappa shape index (κ1) is 18.5. The van der Waals surface area contributed by atoms with Crippen LogP contribution in [0.3, 0.4) is 0 Å². The number of esters is 1. The molecule has 0 fully saturated rings. The van der Waals surface area contributed by atoms with Gasteiger partial charge in [-0.1, -0.05) is 48.5 Å². The van der Waals surface area contributed by atoms with Crippen LogP contribution in [-0.2, 0) is 16.0 Å². The van der Waals surface area contributed by atoms with Crippen LogP contribution in [0.4, 0.5) is 0 Å². The zero-order valence-corrected chi connectivity index (χ0v) is 15.7. The van der Waals surface area contributed by atoms with Crippen molar-refractivity contribution in [1.82, 2.24) is 25.2 Å². The number of para-hydroxylation sites is 1. The molecule has 0 bridgehead atoms. The summed E-state index contributed by atoms with van der Waals surface area (Å²) in [7, 11) is 0. The number of ether oxygens (including phenoxy) is 1. The molecule has 0 radical (unpaired) electrons. The average Bonchev–Trinajstić information content (AvgIpc) is 3.42. The number of aromatic amines is 1. The van der Waals surface area contributed by atoms with Crippen molar-refractivity contribution < 1.29 is 14.3 Å². The van der Waals surface area contributed by atoms with Gasteiger partial charge < -0.3 is 9.72 Å². The third kappa shape index (κ3) is 3.91. The lowest BCUT2D eigenvalue weighted by Crippen LogP contribution is -2.31. The smallest absolute Gasteiger partial charge is 0.332 e. The highest BCUT2D eigenvalue weighted by molar-refractivity contribution is 6.10. The predicted molar refractivity (Wildman–Crippen MR) is 105 cm³/mol. The second kappa shape index (κ2) is 8.05. The minimum absolute atomic E-state index is 0.272. The Morgan fingerprint density at radius 1 is 1.10 bits per heavy atom. The number of carbonyl (C=O) groups excluding carboxylic acids is 2. The lowest BCUT2D eigenvalue weighted by atomic mass is 10.0. The van der Waals surface area contributed by atoms with Gasteiger partial charge in [-0.15, -0.1) is 5.10 Å². The Balaban J connectivity index is 1.53. The fourth-order valence-corrected chi connectivity index (χ4v) is 3.23. The van der Waals surface area contributed by atoms with Crippen LogP contribution >= 0.6 is 0 Å². The fraction of sp³-hybridized carbons (Fsp3) is 0.190. The molecule has 0 saturated carbocycles. The molecular formula is C21H19N5O3. The summed E-state index contributed by atoms with van der Waals surface area (Å²) in [5.41, 5.74) is 2.27. The van der Waals surface area contributed by atoms with E-state index in [1.54, 1.807) is 13.1 Å². The summed E-state index contributed by atoms with van der Waals surface area (Å²) in [4.78, 5) is 28.8. The van der Waals surface area contributed by atoms with Gasteiger partial charge in [-0.25, -0.2) is 9.48 Å². The molecule has 4 rings (SSSR count). The zero-order valence-electron chi connectivity index (χ0n) is 15.7. The number of Topliss-reactive ketones (excluding diaryl/α,β-unsaturated/α-hetero) is 1. The molecule has 2 aromatic carbocycles. The molecule has 0 amide bonds. The number of hydrogen-bond donors (Lipinski definition) is 1. The number of H-pyrrole nitrogens is 1. The van der Waals surface area contributed by atoms with Gasteiger partial charge in [0.15, 0.2) is 12.1 Å². The molecule has 0 aliphatic carbocycles. The number of fused-ring (bicyclic) bond motifs is 1. The molecule has 2 atom stereocenters. The number of hydrogen-bond acceptors (Lipinski definition) is 6. The van der Waals surface area contributed by atoms with E-state index < -0.39 is 18.1 Å². The van der Waals surface area contributed by atoms with Crippen molar-refractivity contribution >= 4 is 22.7 Å². The molecule has 4 aromatic rings. The summed E-state index contributed by atoms with van der Waals surface area (Å²) in [6.45, 7) is 1.57. The highest BCUT2D eigenvalue weighted by atomic mass is 16.5. The first-order valence-electron chi connectivity index (χ1n) is 9.20. The van der Waals surface area contributed by atoms with Crippen molar-refractivity contribution in [2.45, 2.75) is 25.5 Å². The van der Waals surface area contributed by atoms with E-state index in [0.717, 1.165) is 16.5 Å². The van der Waals surface area contributed by atoms with E-state index in [2.05, 4.69) is 20.5 Å². The van der Waals surface area contributed by atoms with E-state index in [0.29, 0.717) is 12.0 Å². The zero-order chi connectivity index (χ0) is 20.2. The van der Waals surface area contributed by atoms with Gasteiger partial charge in [-0.3, -0.25) is 4.79 Å². The SMILES string of the molecule is C[C@H](OC(=O)[C@H](Cc1ccccc1)n1cnnn1)C(=O)c1c[nH]c2ccccc12. The number of ketones is 1. The number of benzene rings is 2. The van der Waals surface area contributed by atoms with E-state index in [1.165, 1.54) is 11.0 Å². The molecule has 0 spiro atoms. The molecule has 146 valence electrons. The maximum Gasteiger partial charge on any atom is 0.332 e. The normalized spacial score (nSPS) is 13.1. The molecule has 0 saturated heterocycles. The van der Waals surface area contributed by atoms with Crippen molar-refractivity contribution in [2.24, 2.45) is 0 Å². The van der Waals surface area contributed by atoms with Crippen molar-refractivity contribution in [3.05, 3.63) is 78.2 Å². The van der Waals surface area contributed by atoms with Crippen LogP contribution in [0, 0.1) is 0 Å². The number of nitrogens with zero attached hydrogens (tertiary/aromatic N) is 4. The molecule has 29 heavy (non-hydrogen) atoms. The third-order valence-electron chi connectivity index (χ3n) is 4.75. The lowest BCUT2D eigenvalue weighted by Gasteiger charge is -2.18. The predicted octanol–water partition coefficient (Wildman–Crippen LogP) is 2.75. The van der Waals surface area contributed by atoms with Gasteiger partial charge in [0.25, 0.3) is 0 Å². The van der Waals surface area contributed by atoms with Crippen LogP contribution in [-0.4, -0.2) is 43.0 Å².